The molecule has 1 aliphatic heterocycles. The summed E-state index contributed by atoms with van der Waals surface area (Å²) in [6, 6.07) is 5.09. The molecule has 0 saturated carbocycles. The lowest BCUT2D eigenvalue weighted by Crippen LogP contribution is -2.31. The summed E-state index contributed by atoms with van der Waals surface area (Å²) in [5, 5.41) is 0. The van der Waals surface area contributed by atoms with E-state index < -0.39 is 0 Å². The molecule has 1 heterocycles. The van der Waals surface area contributed by atoms with Crippen LogP contribution in [-0.2, 0) is 0 Å². The molecule has 0 amide bonds. The third kappa shape index (κ3) is 2.11. The zero-order valence-corrected chi connectivity index (χ0v) is 9.78. The van der Waals surface area contributed by atoms with Gasteiger partial charge in [-0.05, 0) is 38.7 Å². The van der Waals surface area contributed by atoms with Gasteiger partial charge in [-0.3, -0.25) is 0 Å². The molecular formula is C12H18FN3. The number of benzene rings is 1. The van der Waals surface area contributed by atoms with Crippen molar-refractivity contribution in [3.63, 3.8) is 0 Å². The van der Waals surface area contributed by atoms with Crippen molar-refractivity contribution < 1.29 is 4.39 Å². The van der Waals surface area contributed by atoms with Crippen LogP contribution in [-0.4, -0.2) is 38.1 Å². The number of nitrogens with two attached hydrogens (primary N) is 1. The van der Waals surface area contributed by atoms with Gasteiger partial charge in [0.25, 0.3) is 0 Å². The second-order valence-corrected chi connectivity index (χ2v) is 4.56. The van der Waals surface area contributed by atoms with E-state index in [1.165, 1.54) is 12.1 Å². The number of hydrogen-bond acceptors (Lipinski definition) is 3. The molecule has 1 unspecified atom stereocenters. The minimum Gasteiger partial charge on any atom is -0.397 e. The molecule has 1 atom stereocenters. The van der Waals surface area contributed by atoms with Gasteiger partial charge in [0.15, 0.2) is 0 Å². The number of nitrogens with zero attached hydrogens (tertiary/aromatic N) is 2. The predicted octanol–water partition coefficient (Wildman–Crippen LogP) is 1.55. The van der Waals surface area contributed by atoms with E-state index in [1.54, 1.807) is 6.07 Å². The average Bonchev–Trinajstić information content (AvgIpc) is 2.70. The van der Waals surface area contributed by atoms with Gasteiger partial charge >= 0.3 is 0 Å². The molecule has 2 rings (SSSR count). The van der Waals surface area contributed by atoms with E-state index in [1.807, 2.05) is 0 Å². The Morgan fingerprint density at radius 3 is 2.81 bits per heavy atom. The molecule has 1 aromatic rings. The van der Waals surface area contributed by atoms with Crippen LogP contribution >= 0.6 is 0 Å². The Kier molecular flexibility index (Phi) is 3.01. The number of halogens is 1. The predicted molar refractivity (Wildman–Crippen MR) is 65.1 cm³/mol. The molecule has 0 bridgehead atoms. The standard InChI is InChI=1S/C12H18FN3/c1-15(2)10-5-6-16(8-10)12-7-9(13)3-4-11(12)14/h3-4,7,10H,5-6,8,14H2,1-2H3. The van der Waals surface area contributed by atoms with Crippen molar-refractivity contribution in [2.75, 3.05) is 37.8 Å². The largest absolute Gasteiger partial charge is 0.397 e. The van der Waals surface area contributed by atoms with Crippen molar-refractivity contribution in [1.82, 2.24) is 4.90 Å². The zero-order chi connectivity index (χ0) is 11.7. The minimum atomic E-state index is -0.225. The van der Waals surface area contributed by atoms with Crippen molar-refractivity contribution in [1.29, 1.82) is 0 Å². The summed E-state index contributed by atoms with van der Waals surface area (Å²) < 4.78 is 13.2. The normalized spacial score (nSPS) is 20.8. The van der Waals surface area contributed by atoms with Crippen LogP contribution < -0.4 is 10.6 Å². The summed E-state index contributed by atoms with van der Waals surface area (Å²) in [6.07, 6.45) is 1.10. The quantitative estimate of drug-likeness (QED) is 0.772. The molecule has 1 saturated heterocycles. The molecule has 1 aliphatic rings. The van der Waals surface area contributed by atoms with Gasteiger partial charge in [-0.1, -0.05) is 0 Å². The Labute approximate surface area is 95.6 Å². The summed E-state index contributed by atoms with van der Waals surface area (Å²) in [7, 11) is 4.15. The van der Waals surface area contributed by atoms with Crippen LogP contribution in [0.4, 0.5) is 15.8 Å². The summed E-state index contributed by atoms with van der Waals surface area (Å²) in [6.45, 7) is 1.86. The Balaban J connectivity index is 2.17. The fraction of sp³-hybridized carbons (Fsp3) is 0.500. The van der Waals surface area contributed by atoms with Crippen molar-refractivity contribution in [2.45, 2.75) is 12.5 Å². The van der Waals surface area contributed by atoms with Crippen LogP contribution in [0.25, 0.3) is 0 Å². The van der Waals surface area contributed by atoms with Gasteiger partial charge in [-0.15, -0.1) is 0 Å². The Hall–Kier alpha value is -1.29. The monoisotopic (exact) mass is 223 g/mol. The molecule has 16 heavy (non-hydrogen) atoms. The molecule has 4 heteroatoms. The SMILES string of the molecule is CN(C)C1CCN(c2cc(F)ccc2N)C1. The highest BCUT2D eigenvalue weighted by Crippen LogP contribution is 2.28. The Morgan fingerprint density at radius 1 is 1.44 bits per heavy atom. The van der Waals surface area contributed by atoms with E-state index in [-0.39, 0.29) is 5.82 Å². The molecule has 1 fully saturated rings. The first-order valence-electron chi connectivity index (χ1n) is 5.54. The smallest absolute Gasteiger partial charge is 0.125 e. The lowest BCUT2D eigenvalue weighted by atomic mass is 10.2. The fourth-order valence-electron chi connectivity index (χ4n) is 2.17. The van der Waals surface area contributed by atoms with Gasteiger partial charge < -0.3 is 15.5 Å². The highest BCUT2D eigenvalue weighted by Gasteiger charge is 2.25. The molecule has 0 radical (unpaired) electrons. The molecule has 3 nitrogen and oxygen atoms in total. The van der Waals surface area contributed by atoms with Gasteiger partial charge in [0, 0.05) is 19.1 Å². The number of hydrogen-bond donors (Lipinski definition) is 1. The maximum Gasteiger partial charge on any atom is 0.125 e. The topological polar surface area (TPSA) is 32.5 Å². The van der Waals surface area contributed by atoms with Crippen LogP contribution in [0, 0.1) is 5.82 Å². The van der Waals surface area contributed by atoms with Crippen LogP contribution in [0.1, 0.15) is 6.42 Å². The molecule has 0 aromatic heterocycles. The molecule has 88 valence electrons. The number of likely N-dealkylation sites (N-methyl/N-ethyl adjacent to an activating group) is 1. The third-order valence-electron chi connectivity index (χ3n) is 3.23. The average molecular weight is 223 g/mol. The van der Waals surface area contributed by atoms with Crippen molar-refractivity contribution >= 4 is 11.4 Å². The molecule has 2 N–H and O–H groups in total. The summed E-state index contributed by atoms with van der Waals surface area (Å²) in [5.74, 6) is -0.225. The lowest BCUT2D eigenvalue weighted by Gasteiger charge is -2.23. The maximum absolute atomic E-state index is 13.2. The Morgan fingerprint density at radius 2 is 2.19 bits per heavy atom. The van der Waals surface area contributed by atoms with E-state index in [4.69, 9.17) is 5.73 Å². The number of anilines is 2. The van der Waals surface area contributed by atoms with E-state index in [9.17, 15) is 4.39 Å². The molecule has 0 spiro atoms. The summed E-state index contributed by atoms with van der Waals surface area (Å²) >= 11 is 0. The van der Waals surface area contributed by atoms with Gasteiger partial charge in [-0.25, -0.2) is 4.39 Å². The maximum atomic E-state index is 13.2. The van der Waals surface area contributed by atoms with Gasteiger partial charge in [-0.2, -0.15) is 0 Å². The number of rotatable bonds is 2. The van der Waals surface area contributed by atoms with Crippen LogP contribution in [0.2, 0.25) is 0 Å². The first-order chi connectivity index (χ1) is 7.58. The summed E-state index contributed by atoms with van der Waals surface area (Å²) in [4.78, 5) is 4.36. The van der Waals surface area contributed by atoms with Gasteiger partial charge in [0.05, 0.1) is 11.4 Å². The number of nitrogen functional groups attached to an aromatic ring is 1. The van der Waals surface area contributed by atoms with Crippen LogP contribution in [0.5, 0.6) is 0 Å². The second kappa shape index (κ2) is 4.29. The van der Waals surface area contributed by atoms with Crippen molar-refractivity contribution in [2.24, 2.45) is 0 Å². The van der Waals surface area contributed by atoms with E-state index in [0.29, 0.717) is 11.7 Å². The fourth-order valence-corrected chi connectivity index (χ4v) is 2.17. The van der Waals surface area contributed by atoms with Crippen LogP contribution in [0.15, 0.2) is 18.2 Å². The van der Waals surface area contributed by atoms with Crippen molar-refractivity contribution in [3.8, 4) is 0 Å². The lowest BCUT2D eigenvalue weighted by molar-refractivity contribution is 0.315. The van der Waals surface area contributed by atoms with Crippen molar-refractivity contribution in [3.05, 3.63) is 24.0 Å². The Bertz CT molecular complexity index is 379. The first kappa shape index (κ1) is 11.2. The molecular weight excluding hydrogens is 205 g/mol. The van der Waals surface area contributed by atoms with E-state index >= 15 is 0 Å². The van der Waals surface area contributed by atoms with Gasteiger partial charge in [0.2, 0.25) is 0 Å². The summed E-state index contributed by atoms with van der Waals surface area (Å²) in [5.41, 5.74) is 7.35. The minimum absolute atomic E-state index is 0.225. The molecule has 0 aliphatic carbocycles. The van der Waals surface area contributed by atoms with Gasteiger partial charge in [0.1, 0.15) is 5.82 Å². The zero-order valence-electron chi connectivity index (χ0n) is 9.78. The van der Waals surface area contributed by atoms with Crippen LogP contribution in [0.3, 0.4) is 0 Å². The first-order valence-corrected chi connectivity index (χ1v) is 5.54. The highest BCUT2D eigenvalue weighted by molar-refractivity contribution is 5.68. The second-order valence-electron chi connectivity index (χ2n) is 4.56. The molecule has 1 aromatic carbocycles. The third-order valence-corrected chi connectivity index (χ3v) is 3.23. The van der Waals surface area contributed by atoms with E-state index in [0.717, 1.165) is 25.2 Å². The van der Waals surface area contributed by atoms with E-state index in [2.05, 4.69) is 23.9 Å². The highest BCUT2D eigenvalue weighted by atomic mass is 19.1.